The van der Waals surface area contributed by atoms with Crippen LogP contribution in [0.3, 0.4) is 0 Å². The zero-order valence-electron chi connectivity index (χ0n) is 11.9. The second-order valence-electron chi connectivity index (χ2n) is 5.59. The number of hydrazone groups is 1. The molecule has 6 nitrogen and oxygen atoms in total. The number of ether oxygens (including phenoxy) is 1. The summed E-state index contributed by atoms with van der Waals surface area (Å²) in [5.41, 5.74) is 2.54. The topological polar surface area (TPSA) is 77.8 Å². The van der Waals surface area contributed by atoms with E-state index < -0.39 is 5.60 Å². The van der Waals surface area contributed by atoms with E-state index in [1.54, 1.807) is 4.90 Å². The number of carbonyl (C=O) groups excluding carboxylic acids is 1. The van der Waals surface area contributed by atoms with Gasteiger partial charge >= 0.3 is 6.09 Å². The number of carbonyl (C=O) groups is 1. The molecule has 0 spiro atoms. The van der Waals surface area contributed by atoms with Crippen LogP contribution in [-0.4, -0.2) is 45.0 Å². The summed E-state index contributed by atoms with van der Waals surface area (Å²) in [4.78, 5) is 13.6. The predicted molar refractivity (Wildman–Crippen MR) is 87.0 cm³/mol. The first kappa shape index (κ1) is 17.4. The van der Waals surface area contributed by atoms with Crippen LogP contribution in [-0.2, 0) is 4.74 Å². The molecule has 0 aromatic carbocycles. The van der Waals surface area contributed by atoms with Crippen molar-refractivity contribution in [2.24, 2.45) is 5.10 Å². The van der Waals surface area contributed by atoms with Crippen LogP contribution in [0.2, 0.25) is 0 Å². The molecule has 20 heavy (non-hydrogen) atoms. The van der Waals surface area contributed by atoms with Crippen LogP contribution in [0.15, 0.2) is 5.10 Å². The summed E-state index contributed by atoms with van der Waals surface area (Å²) < 4.78 is 5.95. The van der Waals surface area contributed by atoms with Gasteiger partial charge in [0.15, 0.2) is 4.62 Å². The van der Waals surface area contributed by atoms with E-state index in [0.717, 1.165) is 12.8 Å². The van der Waals surface area contributed by atoms with Crippen LogP contribution < -0.4 is 5.43 Å². The maximum absolute atomic E-state index is 11.9. The van der Waals surface area contributed by atoms with E-state index in [2.05, 4.69) is 42.4 Å². The summed E-state index contributed by atoms with van der Waals surface area (Å²) in [6, 6.07) is 0.202. The minimum absolute atomic E-state index is 0.191. The Labute approximate surface area is 136 Å². The summed E-state index contributed by atoms with van der Waals surface area (Å²) in [5, 5.41) is 11.4. The molecule has 2 N–H and O–H groups in total. The minimum Gasteiger partial charge on any atom is -0.444 e. The van der Waals surface area contributed by atoms with Gasteiger partial charge in [-0.15, -0.1) is 0 Å². The Morgan fingerprint density at radius 1 is 1.35 bits per heavy atom. The SMILES string of the molecule is CC(C)(C)OC(=O)N1CCC(N/N=C(/Br)C(=N)Br)CC1. The van der Waals surface area contributed by atoms with Gasteiger partial charge in [-0.2, -0.15) is 5.10 Å². The van der Waals surface area contributed by atoms with Gasteiger partial charge < -0.3 is 15.1 Å². The van der Waals surface area contributed by atoms with E-state index in [4.69, 9.17) is 10.1 Å². The number of hydrogen-bond donors (Lipinski definition) is 2. The van der Waals surface area contributed by atoms with E-state index in [1.165, 1.54) is 0 Å². The van der Waals surface area contributed by atoms with Crippen molar-refractivity contribution >= 4 is 47.2 Å². The van der Waals surface area contributed by atoms with Crippen LogP contribution in [0.1, 0.15) is 33.6 Å². The molecule has 0 unspecified atom stereocenters. The highest BCUT2D eigenvalue weighted by atomic mass is 79.9. The number of halogens is 2. The van der Waals surface area contributed by atoms with Gasteiger partial charge in [0, 0.05) is 19.1 Å². The van der Waals surface area contributed by atoms with Crippen molar-refractivity contribution in [2.45, 2.75) is 45.3 Å². The first-order valence-electron chi connectivity index (χ1n) is 6.40. The van der Waals surface area contributed by atoms with Crippen molar-refractivity contribution < 1.29 is 9.53 Å². The fourth-order valence-electron chi connectivity index (χ4n) is 1.71. The number of piperidine rings is 1. The van der Waals surface area contributed by atoms with Gasteiger partial charge in [-0.1, -0.05) is 0 Å². The average Bonchev–Trinajstić information content (AvgIpc) is 2.34. The smallest absolute Gasteiger partial charge is 0.410 e. The van der Waals surface area contributed by atoms with Crippen molar-refractivity contribution in [3.8, 4) is 0 Å². The van der Waals surface area contributed by atoms with Gasteiger partial charge in [0.25, 0.3) is 0 Å². The van der Waals surface area contributed by atoms with Gasteiger partial charge in [0.1, 0.15) is 10.2 Å². The third kappa shape index (κ3) is 6.21. The molecule has 1 saturated heterocycles. The molecule has 0 saturated carbocycles. The highest BCUT2D eigenvalue weighted by Crippen LogP contribution is 2.15. The lowest BCUT2D eigenvalue weighted by Gasteiger charge is -2.33. The largest absolute Gasteiger partial charge is 0.444 e. The Morgan fingerprint density at radius 2 is 1.90 bits per heavy atom. The zero-order chi connectivity index (χ0) is 15.3. The van der Waals surface area contributed by atoms with Crippen LogP contribution in [0.5, 0.6) is 0 Å². The van der Waals surface area contributed by atoms with E-state index in [9.17, 15) is 4.79 Å². The first-order valence-corrected chi connectivity index (χ1v) is 7.98. The lowest BCUT2D eigenvalue weighted by Crippen LogP contribution is -2.45. The Hall–Kier alpha value is -0.630. The van der Waals surface area contributed by atoms with Crippen molar-refractivity contribution in [3.05, 3.63) is 0 Å². The minimum atomic E-state index is -0.461. The maximum Gasteiger partial charge on any atom is 0.410 e. The molecule has 1 aliphatic rings. The summed E-state index contributed by atoms with van der Waals surface area (Å²) in [6.07, 6.45) is 1.35. The summed E-state index contributed by atoms with van der Waals surface area (Å²) in [7, 11) is 0. The summed E-state index contributed by atoms with van der Waals surface area (Å²) in [6.45, 7) is 6.87. The quantitative estimate of drug-likeness (QED) is 0.553. The molecule has 0 aromatic heterocycles. The molecule has 1 heterocycles. The highest BCUT2D eigenvalue weighted by molar-refractivity contribution is 9.24. The van der Waals surface area contributed by atoms with E-state index in [-0.39, 0.29) is 16.8 Å². The van der Waals surface area contributed by atoms with Crippen molar-refractivity contribution in [3.63, 3.8) is 0 Å². The molecule has 0 aromatic rings. The van der Waals surface area contributed by atoms with Gasteiger partial charge in [0.05, 0.1) is 0 Å². The highest BCUT2D eigenvalue weighted by Gasteiger charge is 2.26. The van der Waals surface area contributed by atoms with Crippen molar-refractivity contribution in [1.29, 1.82) is 5.41 Å². The molecule has 1 amide bonds. The van der Waals surface area contributed by atoms with Crippen LogP contribution in [0.4, 0.5) is 4.79 Å². The van der Waals surface area contributed by atoms with E-state index in [0.29, 0.717) is 17.7 Å². The molecular formula is C12H20Br2N4O2. The molecule has 1 rings (SSSR count). The fourth-order valence-corrected chi connectivity index (χ4v) is 1.91. The Balaban J connectivity index is 2.39. The number of hydrogen-bond acceptors (Lipinski definition) is 5. The molecule has 1 aliphatic heterocycles. The third-order valence-corrected chi connectivity index (χ3v) is 4.15. The second kappa shape index (κ2) is 7.40. The van der Waals surface area contributed by atoms with Gasteiger partial charge in [-0.05, 0) is 65.5 Å². The molecule has 114 valence electrons. The lowest BCUT2D eigenvalue weighted by molar-refractivity contribution is 0.0199. The van der Waals surface area contributed by atoms with E-state index >= 15 is 0 Å². The van der Waals surface area contributed by atoms with Crippen LogP contribution >= 0.6 is 31.9 Å². The Kier molecular flexibility index (Phi) is 6.44. The molecule has 0 aliphatic carbocycles. The van der Waals surface area contributed by atoms with Crippen LogP contribution in [0.25, 0.3) is 0 Å². The monoisotopic (exact) mass is 410 g/mol. The molecule has 1 fully saturated rings. The lowest BCUT2D eigenvalue weighted by atomic mass is 10.1. The Bertz CT molecular complexity index is 399. The summed E-state index contributed by atoms with van der Waals surface area (Å²) in [5.74, 6) is 0. The standard InChI is InChI=1S/C12H20Br2N4O2/c1-12(2,3)20-11(19)18-6-4-8(5-7-18)16-17-10(14)9(13)15/h8,15-16H,4-7H2,1-3H3/b15-9?,17-10+. The molecule has 0 bridgehead atoms. The third-order valence-electron chi connectivity index (χ3n) is 2.67. The van der Waals surface area contributed by atoms with Gasteiger partial charge in [0.2, 0.25) is 0 Å². The van der Waals surface area contributed by atoms with Crippen molar-refractivity contribution in [2.75, 3.05) is 13.1 Å². The van der Waals surface area contributed by atoms with Crippen LogP contribution in [0, 0.1) is 5.41 Å². The number of nitrogens with zero attached hydrogens (tertiary/aromatic N) is 2. The molecule has 8 heteroatoms. The number of likely N-dealkylation sites (tertiary alicyclic amines) is 1. The molecule has 0 radical (unpaired) electrons. The number of nitrogens with one attached hydrogen (secondary N) is 2. The van der Waals surface area contributed by atoms with Gasteiger partial charge in [-0.25, -0.2) is 4.79 Å². The van der Waals surface area contributed by atoms with Crippen molar-refractivity contribution in [1.82, 2.24) is 10.3 Å². The maximum atomic E-state index is 11.9. The second-order valence-corrected chi connectivity index (χ2v) is 7.13. The predicted octanol–water partition coefficient (Wildman–Crippen LogP) is 3.06. The Morgan fingerprint density at radius 3 is 2.35 bits per heavy atom. The van der Waals surface area contributed by atoms with Gasteiger partial charge in [-0.3, -0.25) is 5.41 Å². The fraction of sp³-hybridized carbons (Fsp3) is 0.750. The number of amides is 1. The number of rotatable bonds is 3. The normalized spacial score (nSPS) is 17.9. The molecule has 0 atom stereocenters. The summed E-state index contributed by atoms with van der Waals surface area (Å²) >= 11 is 6.19. The average molecular weight is 412 g/mol. The molecular weight excluding hydrogens is 392 g/mol. The first-order chi connectivity index (χ1) is 9.19. The zero-order valence-corrected chi connectivity index (χ0v) is 15.0. The van der Waals surface area contributed by atoms with E-state index in [1.807, 2.05) is 20.8 Å².